The van der Waals surface area contributed by atoms with Gasteiger partial charge in [0.05, 0.1) is 23.9 Å². The van der Waals surface area contributed by atoms with E-state index in [1.807, 2.05) is 10.8 Å². The zero-order valence-electron chi connectivity index (χ0n) is 8.64. The molecule has 1 aromatic carbocycles. The molecule has 90 valence electrons. The Hall–Kier alpha value is -1.95. The van der Waals surface area contributed by atoms with Gasteiger partial charge in [0.2, 0.25) is 11.3 Å². The fraction of sp³-hybridized carbons (Fsp3) is 0.111. The molecule has 0 fully saturated rings. The molecule has 1 amide bonds. The summed E-state index contributed by atoms with van der Waals surface area (Å²) in [6.45, 7) is -0.285. The van der Waals surface area contributed by atoms with Gasteiger partial charge < -0.3 is 0 Å². The van der Waals surface area contributed by atoms with Crippen LogP contribution in [0, 0.1) is 11.3 Å². The van der Waals surface area contributed by atoms with Gasteiger partial charge in [-0.1, -0.05) is 0 Å². The van der Waals surface area contributed by atoms with Crippen molar-refractivity contribution in [3.63, 3.8) is 0 Å². The van der Waals surface area contributed by atoms with Crippen molar-refractivity contribution in [1.29, 1.82) is 5.26 Å². The number of nitrogens with zero attached hydrogens (tertiary/aromatic N) is 1. The minimum absolute atomic E-state index is 0.285. The smallest absolute Gasteiger partial charge is 0.253 e. The summed E-state index contributed by atoms with van der Waals surface area (Å²) in [5.74, 6) is -0.489. The third-order valence-electron chi connectivity index (χ3n) is 1.72. The summed E-state index contributed by atoms with van der Waals surface area (Å²) in [7, 11) is 0. The van der Waals surface area contributed by atoms with Crippen molar-refractivity contribution in [2.24, 2.45) is 0 Å². The molecule has 8 heteroatoms. The molecule has 0 radical (unpaired) electrons. The number of rotatable bonds is 5. The van der Waals surface area contributed by atoms with Crippen molar-refractivity contribution in [1.82, 2.24) is 10.1 Å². The van der Waals surface area contributed by atoms with Crippen LogP contribution in [-0.2, 0) is 16.1 Å². The maximum absolute atomic E-state index is 11.1. The van der Waals surface area contributed by atoms with Gasteiger partial charge in [-0.15, -0.1) is 0 Å². The van der Waals surface area contributed by atoms with E-state index in [1.165, 1.54) is 0 Å². The van der Waals surface area contributed by atoms with Gasteiger partial charge in [-0.3, -0.25) is 20.2 Å². The molecule has 0 aliphatic heterocycles. The Morgan fingerprint density at radius 3 is 2.59 bits per heavy atom. The molecule has 0 heterocycles. The number of hydrazine groups is 1. The number of carbonyl (C=O) groups excluding carboxylic acids is 1. The molecule has 1 aromatic rings. The lowest BCUT2D eigenvalue weighted by Gasteiger charge is -2.07. The Morgan fingerprint density at radius 1 is 1.41 bits per heavy atom. The van der Waals surface area contributed by atoms with E-state index in [2.05, 4.69) is 10.9 Å². The zero-order chi connectivity index (χ0) is 12.7. The second kappa shape index (κ2) is 6.59. The van der Waals surface area contributed by atoms with Crippen LogP contribution in [0.1, 0.15) is 5.56 Å². The van der Waals surface area contributed by atoms with Gasteiger partial charge in [0.25, 0.3) is 5.91 Å². The maximum Gasteiger partial charge on any atom is 0.253 e. The molecule has 0 aliphatic carbocycles. The Labute approximate surface area is 100 Å². The summed E-state index contributed by atoms with van der Waals surface area (Å²) in [5.41, 5.74) is 6.01. The van der Waals surface area contributed by atoms with Crippen LogP contribution in [0.15, 0.2) is 24.3 Å². The highest BCUT2D eigenvalue weighted by molar-refractivity contribution is 7.77. The van der Waals surface area contributed by atoms with Gasteiger partial charge in [-0.25, -0.2) is 8.93 Å². The highest BCUT2D eigenvalue weighted by Gasteiger charge is 2.01. The van der Waals surface area contributed by atoms with Crippen LogP contribution >= 0.6 is 0 Å². The molecule has 1 atom stereocenters. The first kappa shape index (κ1) is 13.1. The molecule has 0 saturated heterocycles. The topological polar surface area (TPSA) is 114 Å². The highest BCUT2D eigenvalue weighted by atomic mass is 32.2. The number of hydrogen-bond acceptors (Lipinski definition) is 4. The molecular formula is C9H10N4O3S. The Bertz CT molecular complexity index is 454. The first-order chi connectivity index (χ1) is 8.11. The first-order valence-electron chi connectivity index (χ1n) is 4.51. The molecule has 0 spiro atoms. The maximum atomic E-state index is 11.1. The highest BCUT2D eigenvalue weighted by Crippen LogP contribution is 2.06. The van der Waals surface area contributed by atoms with Crippen LogP contribution in [0.4, 0.5) is 5.69 Å². The quantitative estimate of drug-likeness (QED) is 0.426. The van der Waals surface area contributed by atoms with Crippen LogP contribution in [0.25, 0.3) is 0 Å². The van der Waals surface area contributed by atoms with Crippen LogP contribution in [-0.4, -0.2) is 21.2 Å². The van der Waals surface area contributed by atoms with Gasteiger partial charge in [-0.05, 0) is 24.3 Å². The SMILES string of the molecule is N#Cc1ccc(NNC(=O)CNS(=O)O)cc1. The molecule has 1 unspecified atom stereocenters. The normalized spacial score (nSPS) is 11.3. The molecule has 4 N–H and O–H groups in total. The fourth-order valence-corrected chi connectivity index (χ4v) is 1.20. The molecule has 7 nitrogen and oxygen atoms in total. The van der Waals surface area contributed by atoms with Crippen molar-refractivity contribution in [3.05, 3.63) is 29.8 Å². The van der Waals surface area contributed by atoms with Crippen LogP contribution in [0.3, 0.4) is 0 Å². The first-order valence-corrected chi connectivity index (χ1v) is 5.62. The minimum atomic E-state index is -2.21. The van der Waals surface area contributed by atoms with Crippen LogP contribution in [0.5, 0.6) is 0 Å². The van der Waals surface area contributed by atoms with Crippen molar-refractivity contribution in [2.45, 2.75) is 0 Å². The average molecular weight is 254 g/mol. The summed E-state index contributed by atoms with van der Waals surface area (Å²) in [5, 5.41) is 8.57. The van der Waals surface area contributed by atoms with Crippen LogP contribution in [0.2, 0.25) is 0 Å². The summed E-state index contributed by atoms with van der Waals surface area (Å²) in [6.07, 6.45) is 0. The predicted octanol–water partition coefficient (Wildman–Crippen LogP) is -0.272. The second-order valence-corrected chi connectivity index (χ2v) is 3.72. The third-order valence-corrected chi connectivity index (χ3v) is 2.11. The molecule has 1 rings (SSSR count). The van der Waals surface area contributed by atoms with Crippen LogP contribution < -0.4 is 15.6 Å². The largest absolute Gasteiger partial charge is 0.299 e. The number of nitrogens with one attached hydrogen (secondary N) is 3. The van der Waals surface area contributed by atoms with E-state index in [0.717, 1.165) is 0 Å². The number of hydrogen-bond donors (Lipinski definition) is 4. The van der Waals surface area contributed by atoms with E-state index in [1.54, 1.807) is 24.3 Å². The third kappa shape index (κ3) is 5.07. The lowest BCUT2D eigenvalue weighted by molar-refractivity contribution is -0.119. The summed E-state index contributed by atoms with van der Waals surface area (Å²) in [4.78, 5) is 11.1. The molecular weight excluding hydrogens is 244 g/mol. The molecule has 0 aromatic heterocycles. The summed E-state index contributed by atoms with van der Waals surface area (Å²) < 4.78 is 20.6. The number of benzene rings is 1. The summed E-state index contributed by atoms with van der Waals surface area (Å²) >= 11 is -2.21. The predicted molar refractivity (Wildman–Crippen MR) is 61.7 cm³/mol. The number of carbonyl (C=O) groups is 1. The number of anilines is 1. The molecule has 17 heavy (non-hydrogen) atoms. The molecule has 0 bridgehead atoms. The number of nitriles is 1. The summed E-state index contributed by atoms with van der Waals surface area (Å²) in [6, 6.07) is 8.39. The van der Waals surface area contributed by atoms with Gasteiger partial charge >= 0.3 is 0 Å². The van der Waals surface area contributed by atoms with E-state index in [0.29, 0.717) is 11.3 Å². The zero-order valence-corrected chi connectivity index (χ0v) is 9.45. The fourth-order valence-electron chi connectivity index (χ4n) is 0.941. The van der Waals surface area contributed by atoms with E-state index in [4.69, 9.17) is 9.81 Å². The Morgan fingerprint density at radius 2 is 2.06 bits per heavy atom. The van der Waals surface area contributed by atoms with Crippen molar-refractivity contribution in [2.75, 3.05) is 12.0 Å². The molecule has 0 saturated carbocycles. The average Bonchev–Trinajstić information content (AvgIpc) is 2.34. The number of amides is 1. The lowest BCUT2D eigenvalue weighted by Crippen LogP contribution is -2.37. The van der Waals surface area contributed by atoms with Gasteiger partial charge in [0.1, 0.15) is 0 Å². The minimum Gasteiger partial charge on any atom is -0.299 e. The Balaban J connectivity index is 2.37. The van der Waals surface area contributed by atoms with Crippen molar-refractivity contribution in [3.8, 4) is 6.07 Å². The van der Waals surface area contributed by atoms with Gasteiger partial charge in [0, 0.05) is 0 Å². The van der Waals surface area contributed by atoms with E-state index >= 15 is 0 Å². The van der Waals surface area contributed by atoms with Gasteiger partial charge in [-0.2, -0.15) is 5.26 Å². The van der Waals surface area contributed by atoms with E-state index in [9.17, 15) is 9.00 Å². The van der Waals surface area contributed by atoms with Crippen molar-refractivity contribution < 1.29 is 13.6 Å². The van der Waals surface area contributed by atoms with E-state index in [-0.39, 0.29) is 6.54 Å². The Kier molecular flexibility index (Phi) is 5.09. The van der Waals surface area contributed by atoms with E-state index < -0.39 is 17.2 Å². The monoisotopic (exact) mass is 254 g/mol. The van der Waals surface area contributed by atoms with Crippen molar-refractivity contribution >= 4 is 22.9 Å². The lowest BCUT2D eigenvalue weighted by atomic mass is 10.2. The second-order valence-electron chi connectivity index (χ2n) is 2.93. The van der Waals surface area contributed by atoms with Gasteiger partial charge in [0.15, 0.2) is 0 Å². The standard InChI is InChI=1S/C9H10N4O3S/c10-5-7-1-3-8(4-2-7)12-13-9(14)6-11-17(15)16/h1-4,11-12H,6H2,(H,13,14)(H,15,16). The molecule has 0 aliphatic rings.